The third kappa shape index (κ3) is 3.40. The lowest BCUT2D eigenvalue weighted by molar-refractivity contribution is 0.0702. The highest BCUT2D eigenvalue weighted by Crippen LogP contribution is 2.25. The Morgan fingerprint density at radius 1 is 1.23 bits per heavy atom. The number of piperidine rings is 1. The monoisotopic (exact) mass is 367 g/mol. The highest BCUT2D eigenvalue weighted by atomic mass is 32.1. The molecule has 1 aliphatic heterocycles. The number of hydrogen-bond acceptors (Lipinski definition) is 5. The molecule has 134 valence electrons. The molecule has 1 aromatic carbocycles. The van der Waals surface area contributed by atoms with Crippen LogP contribution in [0.3, 0.4) is 0 Å². The van der Waals surface area contributed by atoms with Crippen molar-refractivity contribution in [3.8, 4) is 16.3 Å². The van der Waals surface area contributed by atoms with E-state index in [4.69, 9.17) is 0 Å². The SMILES string of the molecule is CNC1CCN(C(=O)c2csc(-c3cnn(-c4ccccc4)c3)n2)CC1. The van der Waals surface area contributed by atoms with Crippen molar-refractivity contribution in [3.63, 3.8) is 0 Å². The number of nitrogens with zero attached hydrogens (tertiary/aromatic N) is 4. The second-order valence-corrected chi connectivity index (χ2v) is 7.26. The predicted octanol–water partition coefficient (Wildman–Crippen LogP) is 2.82. The first-order valence-electron chi connectivity index (χ1n) is 8.77. The van der Waals surface area contributed by atoms with Gasteiger partial charge in [0.25, 0.3) is 5.91 Å². The van der Waals surface area contributed by atoms with Crippen LogP contribution < -0.4 is 5.32 Å². The standard InChI is InChI=1S/C19H21N5OS/c1-20-15-7-9-23(10-8-15)19(25)17-13-26-18(22-17)14-11-21-24(12-14)16-5-3-2-4-6-16/h2-6,11-13,15,20H,7-10H2,1H3. The van der Waals surface area contributed by atoms with E-state index in [1.54, 1.807) is 6.20 Å². The van der Waals surface area contributed by atoms with Crippen LogP contribution in [0.2, 0.25) is 0 Å². The summed E-state index contributed by atoms with van der Waals surface area (Å²) in [5.41, 5.74) is 2.45. The number of para-hydroxylation sites is 1. The molecule has 0 unspecified atom stereocenters. The number of carbonyl (C=O) groups excluding carboxylic acids is 1. The van der Waals surface area contributed by atoms with Gasteiger partial charge in [-0.3, -0.25) is 4.79 Å². The first-order valence-corrected chi connectivity index (χ1v) is 9.65. The summed E-state index contributed by atoms with van der Waals surface area (Å²) in [5, 5.41) is 10.4. The van der Waals surface area contributed by atoms with Gasteiger partial charge in [-0.25, -0.2) is 9.67 Å². The number of thiazole rings is 1. The van der Waals surface area contributed by atoms with E-state index in [1.807, 2.05) is 58.5 Å². The molecule has 1 amide bonds. The maximum Gasteiger partial charge on any atom is 0.273 e. The molecule has 1 fully saturated rings. The molecule has 6 nitrogen and oxygen atoms in total. The van der Waals surface area contributed by atoms with Crippen LogP contribution in [0.4, 0.5) is 0 Å². The van der Waals surface area contributed by atoms with Crippen LogP contribution in [0, 0.1) is 0 Å². The first-order chi connectivity index (χ1) is 12.7. The van der Waals surface area contributed by atoms with Crippen LogP contribution in [-0.4, -0.2) is 51.8 Å². The van der Waals surface area contributed by atoms with E-state index in [1.165, 1.54) is 11.3 Å². The lowest BCUT2D eigenvalue weighted by atomic mass is 10.1. The van der Waals surface area contributed by atoms with Crippen molar-refractivity contribution in [2.75, 3.05) is 20.1 Å². The fraction of sp³-hybridized carbons (Fsp3) is 0.316. The topological polar surface area (TPSA) is 63.1 Å². The van der Waals surface area contributed by atoms with Crippen molar-refractivity contribution in [3.05, 3.63) is 53.8 Å². The van der Waals surface area contributed by atoms with E-state index in [0.29, 0.717) is 11.7 Å². The van der Waals surface area contributed by atoms with Gasteiger partial charge in [0.05, 0.1) is 11.9 Å². The molecule has 0 spiro atoms. The number of aromatic nitrogens is 3. The molecular formula is C19H21N5OS. The predicted molar refractivity (Wildman–Crippen MR) is 103 cm³/mol. The number of amides is 1. The van der Waals surface area contributed by atoms with Crippen molar-refractivity contribution < 1.29 is 4.79 Å². The van der Waals surface area contributed by atoms with Gasteiger partial charge in [-0.05, 0) is 32.0 Å². The molecule has 3 heterocycles. The van der Waals surface area contributed by atoms with Crippen LogP contribution >= 0.6 is 11.3 Å². The van der Waals surface area contributed by atoms with E-state index in [9.17, 15) is 4.79 Å². The summed E-state index contributed by atoms with van der Waals surface area (Å²) in [6, 6.07) is 10.5. The van der Waals surface area contributed by atoms with Gasteiger partial charge in [-0.2, -0.15) is 5.10 Å². The summed E-state index contributed by atoms with van der Waals surface area (Å²) in [7, 11) is 1.98. The van der Waals surface area contributed by atoms with E-state index in [0.717, 1.165) is 42.2 Å². The highest BCUT2D eigenvalue weighted by Gasteiger charge is 2.24. The largest absolute Gasteiger partial charge is 0.337 e. The molecule has 0 radical (unpaired) electrons. The number of likely N-dealkylation sites (tertiary alicyclic amines) is 1. The van der Waals surface area contributed by atoms with Crippen LogP contribution in [0.5, 0.6) is 0 Å². The summed E-state index contributed by atoms with van der Waals surface area (Å²) < 4.78 is 1.82. The Hall–Kier alpha value is -2.51. The van der Waals surface area contributed by atoms with Crippen molar-refractivity contribution in [1.82, 2.24) is 25.0 Å². The van der Waals surface area contributed by atoms with Gasteiger partial charge in [0.1, 0.15) is 10.7 Å². The minimum atomic E-state index is 0.0255. The quantitative estimate of drug-likeness (QED) is 0.770. The number of carbonyl (C=O) groups is 1. The molecule has 3 aromatic rings. The average Bonchev–Trinajstić information content (AvgIpc) is 3.38. The zero-order chi connectivity index (χ0) is 17.9. The molecule has 2 aromatic heterocycles. The lowest BCUT2D eigenvalue weighted by Gasteiger charge is -2.31. The minimum absolute atomic E-state index is 0.0255. The van der Waals surface area contributed by atoms with E-state index in [-0.39, 0.29) is 5.91 Å². The summed E-state index contributed by atoms with van der Waals surface area (Å²) in [4.78, 5) is 19.2. The van der Waals surface area contributed by atoms with Gasteiger partial charge < -0.3 is 10.2 Å². The van der Waals surface area contributed by atoms with Crippen LogP contribution in [0.25, 0.3) is 16.3 Å². The smallest absolute Gasteiger partial charge is 0.273 e. The molecule has 26 heavy (non-hydrogen) atoms. The molecule has 1 saturated heterocycles. The van der Waals surface area contributed by atoms with Gasteiger partial charge in [0.15, 0.2) is 0 Å². The molecular weight excluding hydrogens is 346 g/mol. The van der Waals surface area contributed by atoms with Crippen LogP contribution in [-0.2, 0) is 0 Å². The molecule has 7 heteroatoms. The molecule has 1 N–H and O–H groups in total. The van der Waals surface area contributed by atoms with Gasteiger partial charge in [0.2, 0.25) is 0 Å². The summed E-state index contributed by atoms with van der Waals surface area (Å²) in [6.07, 6.45) is 5.71. The average molecular weight is 367 g/mol. The third-order valence-corrected chi connectivity index (χ3v) is 5.66. The van der Waals surface area contributed by atoms with Gasteiger partial charge in [-0.15, -0.1) is 11.3 Å². The van der Waals surface area contributed by atoms with Gasteiger partial charge >= 0.3 is 0 Å². The zero-order valence-corrected chi connectivity index (χ0v) is 15.4. The number of benzene rings is 1. The molecule has 0 aliphatic carbocycles. The fourth-order valence-corrected chi connectivity index (χ4v) is 3.96. The summed E-state index contributed by atoms with van der Waals surface area (Å²) in [6.45, 7) is 1.56. The molecule has 0 saturated carbocycles. The minimum Gasteiger partial charge on any atom is -0.337 e. The van der Waals surface area contributed by atoms with Crippen molar-refractivity contribution in [2.24, 2.45) is 0 Å². The number of hydrogen-bond donors (Lipinski definition) is 1. The number of nitrogens with one attached hydrogen (secondary N) is 1. The van der Waals surface area contributed by atoms with E-state index in [2.05, 4.69) is 15.4 Å². The molecule has 1 aliphatic rings. The Balaban J connectivity index is 1.48. The first kappa shape index (κ1) is 16.9. The van der Waals surface area contributed by atoms with Crippen molar-refractivity contribution >= 4 is 17.2 Å². The van der Waals surface area contributed by atoms with E-state index < -0.39 is 0 Å². The molecule has 0 bridgehead atoms. The van der Waals surface area contributed by atoms with Crippen LogP contribution in [0.1, 0.15) is 23.3 Å². The van der Waals surface area contributed by atoms with E-state index >= 15 is 0 Å². The Morgan fingerprint density at radius 3 is 2.73 bits per heavy atom. The maximum atomic E-state index is 12.7. The fourth-order valence-electron chi connectivity index (χ4n) is 3.19. The van der Waals surface area contributed by atoms with Crippen LogP contribution in [0.15, 0.2) is 48.1 Å². The van der Waals surface area contributed by atoms with Crippen molar-refractivity contribution in [1.29, 1.82) is 0 Å². The maximum absolute atomic E-state index is 12.7. The van der Waals surface area contributed by atoms with Gasteiger partial charge in [0, 0.05) is 36.3 Å². The highest BCUT2D eigenvalue weighted by molar-refractivity contribution is 7.13. The van der Waals surface area contributed by atoms with Gasteiger partial charge in [-0.1, -0.05) is 18.2 Å². The zero-order valence-electron chi connectivity index (χ0n) is 14.6. The number of rotatable bonds is 4. The Bertz CT molecular complexity index is 880. The molecule has 0 atom stereocenters. The summed E-state index contributed by atoms with van der Waals surface area (Å²) in [5.74, 6) is 0.0255. The Morgan fingerprint density at radius 2 is 2.00 bits per heavy atom. The normalized spacial score (nSPS) is 15.3. The summed E-state index contributed by atoms with van der Waals surface area (Å²) >= 11 is 1.48. The second-order valence-electron chi connectivity index (χ2n) is 6.40. The molecule has 4 rings (SSSR count). The van der Waals surface area contributed by atoms with Crippen molar-refractivity contribution in [2.45, 2.75) is 18.9 Å². The lowest BCUT2D eigenvalue weighted by Crippen LogP contribution is -2.44. The second kappa shape index (κ2) is 7.39. The Labute approximate surface area is 156 Å². The Kier molecular flexibility index (Phi) is 4.81. The third-order valence-electron chi connectivity index (χ3n) is 4.76.